The maximum atomic E-state index is 6.20. The first kappa shape index (κ1) is 12.5. The van der Waals surface area contributed by atoms with Crippen molar-refractivity contribution in [2.75, 3.05) is 0 Å². The minimum atomic E-state index is -0.0293. The molecular formula is C13H11BrClNOS. The number of thiophene rings is 1. The largest absolute Gasteiger partial charge is 0.484 e. The molecule has 3 rings (SSSR count). The van der Waals surface area contributed by atoms with Gasteiger partial charge in [-0.15, -0.1) is 11.3 Å². The van der Waals surface area contributed by atoms with Crippen LogP contribution in [0.2, 0.25) is 5.02 Å². The smallest absolute Gasteiger partial charge is 0.135 e. The summed E-state index contributed by atoms with van der Waals surface area (Å²) < 4.78 is 7.09. The molecule has 1 aromatic heterocycles. The van der Waals surface area contributed by atoms with Crippen LogP contribution in [0, 0.1) is 0 Å². The third-order valence-corrected chi connectivity index (χ3v) is 5.03. The van der Waals surface area contributed by atoms with Crippen molar-refractivity contribution in [1.82, 2.24) is 0 Å². The van der Waals surface area contributed by atoms with Gasteiger partial charge in [-0.05, 0) is 40.2 Å². The van der Waals surface area contributed by atoms with E-state index in [1.807, 2.05) is 18.2 Å². The molecule has 0 fully saturated rings. The average Bonchev–Trinajstić information content (AvgIpc) is 2.77. The first-order valence-electron chi connectivity index (χ1n) is 5.59. The van der Waals surface area contributed by atoms with Gasteiger partial charge in [0, 0.05) is 37.8 Å². The molecule has 0 saturated carbocycles. The van der Waals surface area contributed by atoms with Crippen molar-refractivity contribution >= 4 is 38.9 Å². The monoisotopic (exact) mass is 343 g/mol. The highest BCUT2D eigenvalue weighted by atomic mass is 79.9. The molecular weight excluding hydrogens is 334 g/mol. The Balaban J connectivity index is 1.94. The van der Waals surface area contributed by atoms with Gasteiger partial charge < -0.3 is 10.5 Å². The summed E-state index contributed by atoms with van der Waals surface area (Å²) in [4.78, 5) is 1.19. The van der Waals surface area contributed by atoms with Crippen LogP contribution in [0.4, 0.5) is 0 Å². The third kappa shape index (κ3) is 2.30. The van der Waals surface area contributed by atoms with Crippen molar-refractivity contribution in [3.8, 4) is 5.75 Å². The molecule has 5 heteroatoms. The lowest BCUT2D eigenvalue weighted by atomic mass is 9.97. The fourth-order valence-corrected chi connectivity index (χ4v) is 3.81. The van der Waals surface area contributed by atoms with Crippen molar-refractivity contribution in [3.63, 3.8) is 0 Å². The van der Waals surface area contributed by atoms with Crippen LogP contribution in [-0.2, 0) is 0 Å². The molecule has 0 aliphatic carbocycles. The molecule has 1 aliphatic heterocycles. The summed E-state index contributed by atoms with van der Waals surface area (Å²) in [7, 11) is 0. The normalized spacial score (nSPS) is 22.4. The van der Waals surface area contributed by atoms with Gasteiger partial charge in [0.25, 0.3) is 0 Å². The lowest BCUT2D eigenvalue weighted by Gasteiger charge is -2.29. The fraction of sp³-hybridized carbons (Fsp3) is 0.231. The number of nitrogens with two attached hydrogens (primary N) is 1. The maximum absolute atomic E-state index is 6.20. The number of hydrogen-bond donors (Lipinski definition) is 1. The highest BCUT2D eigenvalue weighted by molar-refractivity contribution is 9.10. The quantitative estimate of drug-likeness (QED) is 0.814. The molecule has 0 bridgehead atoms. The molecule has 0 radical (unpaired) electrons. The molecule has 1 unspecified atom stereocenters. The Labute approximate surface area is 123 Å². The van der Waals surface area contributed by atoms with Crippen LogP contribution in [0.5, 0.6) is 5.75 Å². The summed E-state index contributed by atoms with van der Waals surface area (Å²) in [6, 6.07) is 7.68. The van der Waals surface area contributed by atoms with Crippen molar-refractivity contribution in [2.24, 2.45) is 5.73 Å². The Morgan fingerprint density at radius 1 is 1.39 bits per heavy atom. The van der Waals surface area contributed by atoms with E-state index >= 15 is 0 Å². The summed E-state index contributed by atoms with van der Waals surface area (Å²) >= 11 is 11.1. The second-order valence-corrected chi connectivity index (χ2v) is 6.59. The van der Waals surface area contributed by atoms with Crippen molar-refractivity contribution in [1.29, 1.82) is 0 Å². The van der Waals surface area contributed by atoms with E-state index in [2.05, 4.69) is 27.4 Å². The van der Waals surface area contributed by atoms with Crippen LogP contribution in [0.1, 0.15) is 29.0 Å². The molecule has 94 valence electrons. The second-order valence-electron chi connectivity index (χ2n) is 4.30. The molecule has 2 aromatic rings. The Morgan fingerprint density at radius 2 is 2.22 bits per heavy atom. The minimum Gasteiger partial charge on any atom is -0.484 e. The van der Waals surface area contributed by atoms with Gasteiger partial charge in [0.15, 0.2) is 0 Å². The van der Waals surface area contributed by atoms with E-state index < -0.39 is 0 Å². The Kier molecular flexibility index (Phi) is 3.36. The molecule has 0 spiro atoms. The van der Waals surface area contributed by atoms with E-state index in [0.29, 0.717) is 5.02 Å². The summed E-state index contributed by atoms with van der Waals surface area (Å²) in [5, 5.41) is 2.76. The molecule has 2 heterocycles. The molecule has 2 nitrogen and oxygen atoms in total. The number of rotatable bonds is 1. The summed E-state index contributed by atoms with van der Waals surface area (Å²) in [5.41, 5.74) is 7.20. The Morgan fingerprint density at radius 3 is 2.94 bits per heavy atom. The SMILES string of the molecule is N[C@H]1CC(c2cc(Br)cs2)Oc2ccc(Cl)cc21. The molecule has 1 aliphatic rings. The first-order valence-corrected chi connectivity index (χ1v) is 7.64. The van der Waals surface area contributed by atoms with E-state index in [-0.39, 0.29) is 12.1 Å². The standard InChI is InChI=1S/C13H11BrClNOS/c14-7-3-13(18-6-7)12-5-10(16)9-4-8(15)1-2-11(9)17-12/h1-4,6,10,12H,5,16H2/t10-,12?/m0/s1. The van der Waals surface area contributed by atoms with Crippen molar-refractivity contribution < 1.29 is 4.74 Å². The number of benzene rings is 1. The Hall–Kier alpha value is -0.550. The van der Waals surface area contributed by atoms with Crippen molar-refractivity contribution in [2.45, 2.75) is 18.6 Å². The second kappa shape index (κ2) is 4.85. The van der Waals surface area contributed by atoms with Crippen LogP contribution in [0.15, 0.2) is 34.1 Å². The van der Waals surface area contributed by atoms with Gasteiger partial charge in [0.05, 0.1) is 0 Å². The van der Waals surface area contributed by atoms with Crippen molar-refractivity contribution in [3.05, 3.63) is 49.6 Å². The van der Waals surface area contributed by atoms with Gasteiger partial charge in [-0.1, -0.05) is 11.6 Å². The molecule has 18 heavy (non-hydrogen) atoms. The predicted octanol–water partition coefficient (Wildman–Crippen LogP) is 4.69. The third-order valence-electron chi connectivity index (χ3n) is 3.01. The van der Waals surface area contributed by atoms with Gasteiger partial charge in [0.1, 0.15) is 11.9 Å². The highest BCUT2D eigenvalue weighted by Gasteiger charge is 2.28. The lowest BCUT2D eigenvalue weighted by Crippen LogP contribution is -2.23. The number of halogens is 2. The summed E-state index contributed by atoms with van der Waals surface area (Å²) in [6.07, 6.45) is 0.810. The number of ether oxygens (including phenoxy) is 1. The van der Waals surface area contributed by atoms with E-state index in [0.717, 1.165) is 22.2 Å². The van der Waals surface area contributed by atoms with Crippen LogP contribution in [0.25, 0.3) is 0 Å². The van der Waals surface area contributed by atoms with Gasteiger partial charge in [-0.25, -0.2) is 0 Å². The zero-order valence-corrected chi connectivity index (χ0v) is 12.6. The molecule has 2 N–H and O–H groups in total. The van der Waals surface area contributed by atoms with E-state index in [4.69, 9.17) is 22.1 Å². The Bertz CT molecular complexity index is 586. The summed E-state index contributed by atoms with van der Waals surface area (Å²) in [5.74, 6) is 0.840. The topological polar surface area (TPSA) is 35.2 Å². The van der Waals surface area contributed by atoms with Crippen LogP contribution >= 0.6 is 38.9 Å². The zero-order valence-electron chi connectivity index (χ0n) is 9.40. The molecule has 1 aromatic carbocycles. The van der Waals surface area contributed by atoms with Gasteiger partial charge in [-0.2, -0.15) is 0 Å². The zero-order chi connectivity index (χ0) is 12.7. The highest BCUT2D eigenvalue weighted by Crippen LogP contribution is 2.42. The van der Waals surface area contributed by atoms with Crippen LogP contribution in [0.3, 0.4) is 0 Å². The lowest BCUT2D eigenvalue weighted by molar-refractivity contribution is 0.165. The minimum absolute atomic E-state index is 0.0293. The van der Waals surface area contributed by atoms with Crippen LogP contribution < -0.4 is 10.5 Å². The van der Waals surface area contributed by atoms with Gasteiger partial charge in [0.2, 0.25) is 0 Å². The van der Waals surface area contributed by atoms with E-state index in [9.17, 15) is 0 Å². The molecule has 0 amide bonds. The first-order chi connectivity index (χ1) is 8.63. The van der Waals surface area contributed by atoms with Gasteiger partial charge in [-0.3, -0.25) is 0 Å². The van der Waals surface area contributed by atoms with Gasteiger partial charge >= 0.3 is 0 Å². The summed E-state index contributed by atoms with van der Waals surface area (Å²) in [6.45, 7) is 0. The van der Waals surface area contributed by atoms with E-state index in [1.165, 1.54) is 4.88 Å². The average molecular weight is 345 g/mol. The number of fused-ring (bicyclic) bond motifs is 1. The number of hydrogen-bond acceptors (Lipinski definition) is 3. The predicted molar refractivity (Wildman–Crippen MR) is 78.4 cm³/mol. The molecule has 2 atom stereocenters. The maximum Gasteiger partial charge on any atom is 0.135 e. The fourth-order valence-electron chi connectivity index (χ4n) is 2.15. The molecule has 0 saturated heterocycles. The van der Waals surface area contributed by atoms with Crippen LogP contribution in [-0.4, -0.2) is 0 Å². The van der Waals surface area contributed by atoms with E-state index in [1.54, 1.807) is 11.3 Å².